The molecule has 0 aromatic heterocycles. The van der Waals surface area contributed by atoms with E-state index in [1.54, 1.807) is 18.2 Å². The third kappa shape index (κ3) is 5.02. The second-order valence-electron chi connectivity index (χ2n) is 6.31. The summed E-state index contributed by atoms with van der Waals surface area (Å²) in [5.74, 6) is -0.0869. The fourth-order valence-corrected chi connectivity index (χ4v) is 4.15. The van der Waals surface area contributed by atoms with Crippen LogP contribution in [0.2, 0.25) is 5.02 Å². The number of carbonyl (C=O) groups excluding carboxylic acids is 1. The van der Waals surface area contributed by atoms with Crippen LogP contribution in [-0.4, -0.2) is 40.7 Å². The highest BCUT2D eigenvalue weighted by molar-refractivity contribution is 7.89. The summed E-state index contributed by atoms with van der Waals surface area (Å²) in [4.78, 5) is 12.5. The van der Waals surface area contributed by atoms with Crippen LogP contribution in [-0.2, 0) is 14.8 Å². The second-order valence-corrected chi connectivity index (χ2v) is 8.52. The number of rotatable bonds is 7. The molecule has 2 aromatic rings. The molecule has 0 unspecified atom stereocenters. The second kappa shape index (κ2) is 8.91. The number of benzene rings is 2. The van der Waals surface area contributed by atoms with Gasteiger partial charge in [0.05, 0.1) is 23.8 Å². The first-order valence-corrected chi connectivity index (χ1v) is 10.6. The monoisotopic (exact) mass is 424 g/mol. The molecule has 1 aliphatic rings. The van der Waals surface area contributed by atoms with E-state index in [1.165, 1.54) is 31.4 Å². The summed E-state index contributed by atoms with van der Waals surface area (Å²) in [6.45, 7) is 0.854. The highest BCUT2D eigenvalue weighted by Crippen LogP contribution is 2.28. The van der Waals surface area contributed by atoms with Crippen LogP contribution >= 0.6 is 11.6 Å². The fourth-order valence-electron chi connectivity index (χ4n) is 2.87. The summed E-state index contributed by atoms with van der Waals surface area (Å²) in [7, 11) is -2.32. The zero-order valence-corrected chi connectivity index (χ0v) is 16.8. The van der Waals surface area contributed by atoms with Crippen molar-refractivity contribution in [3.05, 3.63) is 53.1 Å². The molecule has 0 aliphatic carbocycles. The number of ether oxygens (including phenoxy) is 2. The molecule has 1 aliphatic heterocycles. The van der Waals surface area contributed by atoms with Crippen LogP contribution in [0.4, 0.5) is 5.69 Å². The van der Waals surface area contributed by atoms with Gasteiger partial charge in [0.15, 0.2) is 0 Å². The van der Waals surface area contributed by atoms with Crippen LogP contribution < -0.4 is 14.8 Å². The first kappa shape index (κ1) is 20.6. The average Bonchev–Trinajstić information content (AvgIpc) is 3.20. The van der Waals surface area contributed by atoms with Gasteiger partial charge in [-0.25, -0.2) is 13.1 Å². The minimum absolute atomic E-state index is 0.0210. The van der Waals surface area contributed by atoms with Gasteiger partial charge in [-0.1, -0.05) is 17.7 Å². The largest absolute Gasteiger partial charge is 0.495 e. The van der Waals surface area contributed by atoms with Crippen molar-refractivity contribution in [2.45, 2.75) is 23.8 Å². The minimum Gasteiger partial charge on any atom is -0.495 e. The zero-order valence-electron chi connectivity index (χ0n) is 15.3. The van der Waals surface area contributed by atoms with Crippen LogP contribution in [0, 0.1) is 0 Å². The molecule has 2 aromatic carbocycles. The Morgan fingerprint density at radius 1 is 1.29 bits per heavy atom. The van der Waals surface area contributed by atoms with Crippen molar-refractivity contribution >= 4 is 33.2 Å². The van der Waals surface area contributed by atoms with E-state index in [0.29, 0.717) is 22.9 Å². The predicted molar refractivity (Wildman–Crippen MR) is 107 cm³/mol. The molecule has 7 nitrogen and oxygen atoms in total. The standard InChI is InChI=1S/C19H21ClN2O5S/c1-26-18-8-7-16(28(24,25)21-12-15-6-3-9-27-15)11-17(18)22-19(23)13-4-2-5-14(20)10-13/h2,4-5,7-8,10-11,15,21H,3,6,9,12H2,1H3,(H,22,23)/t15-/m1/s1. The van der Waals surface area contributed by atoms with Crippen LogP contribution in [0.15, 0.2) is 47.4 Å². The molecule has 1 amide bonds. The number of sulfonamides is 1. The van der Waals surface area contributed by atoms with Crippen molar-refractivity contribution in [3.63, 3.8) is 0 Å². The third-order valence-corrected chi connectivity index (χ3v) is 6.00. The van der Waals surface area contributed by atoms with Crippen LogP contribution in [0.5, 0.6) is 5.75 Å². The lowest BCUT2D eigenvalue weighted by Gasteiger charge is -2.14. The molecule has 28 heavy (non-hydrogen) atoms. The highest BCUT2D eigenvalue weighted by Gasteiger charge is 2.22. The Morgan fingerprint density at radius 3 is 2.79 bits per heavy atom. The summed E-state index contributed by atoms with van der Waals surface area (Å²) in [5.41, 5.74) is 0.590. The summed E-state index contributed by atoms with van der Waals surface area (Å²) in [6.07, 6.45) is 1.63. The van der Waals surface area contributed by atoms with Crippen molar-refractivity contribution in [2.24, 2.45) is 0 Å². The van der Waals surface area contributed by atoms with E-state index in [0.717, 1.165) is 12.8 Å². The van der Waals surface area contributed by atoms with E-state index in [4.69, 9.17) is 21.1 Å². The lowest BCUT2D eigenvalue weighted by molar-refractivity contribution is 0.102. The van der Waals surface area contributed by atoms with E-state index >= 15 is 0 Å². The molecule has 1 atom stereocenters. The van der Waals surface area contributed by atoms with Gasteiger partial charge in [-0.15, -0.1) is 0 Å². The van der Waals surface area contributed by atoms with Gasteiger partial charge in [0, 0.05) is 23.7 Å². The zero-order chi connectivity index (χ0) is 20.1. The smallest absolute Gasteiger partial charge is 0.255 e. The van der Waals surface area contributed by atoms with Crippen LogP contribution in [0.25, 0.3) is 0 Å². The van der Waals surface area contributed by atoms with Crippen molar-refractivity contribution in [3.8, 4) is 5.75 Å². The normalized spacial score (nSPS) is 16.7. The molecular weight excluding hydrogens is 404 g/mol. The van der Waals surface area contributed by atoms with Gasteiger partial charge in [-0.2, -0.15) is 0 Å². The Balaban J connectivity index is 1.80. The van der Waals surface area contributed by atoms with Gasteiger partial charge >= 0.3 is 0 Å². The van der Waals surface area contributed by atoms with Crippen molar-refractivity contribution in [1.82, 2.24) is 4.72 Å². The molecule has 1 fully saturated rings. The summed E-state index contributed by atoms with van der Waals surface area (Å²) in [6, 6.07) is 10.7. The van der Waals surface area contributed by atoms with Gasteiger partial charge < -0.3 is 14.8 Å². The molecule has 3 rings (SSSR count). The van der Waals surface area contributed by atoms with Crippen molar-refractivity contribution in [2.75, 3.05) is 25.6 Å². The van der Waals surface area contributed by atoms with Crippen LogP contribution in [0.1, 0.15) is 23.2 Å². The summed E-state index contributed by atoms with van der Waals surface area (Å²) in [5, 5.41) is 3.10. The molecule has 0 saturated carbocycles. The SMILES string of the molecule is COc1ccc(S(=O)(=O)NC[C@H]2CCCO2)cc1NC(=O)c1cccc(Cl)c1. The Morgan fingerprint density at radius 2 is 2.11 bits per heavy atom. The fraction of sp³-hybridized carbons (Fsp3) is 0.316. The molecule has 1 saturated heterocycles. The number of halogens is 1. The predicted octanol–water partition coefficient (Wildman–Crippen LogP) is 3.06. The van der Waals surface area contributed by atoms with E-state index in [9.17, 15) is 13.2 Å². The molecule has 0 radical (unpaired) electrons. The minimum atomic E-state index is -3.76. The number of anilines is 1. The lowest BCUT2D eigenvalue weighted by Crippen LogP contribution is -2.31. The number of nitrogens with one attached hydrogen (secondary N) is 2. The van der Waals surface area contributed by atoms with Gasteiger partial charge in [0.2, 0.25) is 10.0 Å². The highest BCUT2D eigenvalue weighted by atomic mass is 35.5. The summed E-state index contributed by atoms with van der Waals surface area (Å²) >= 11 is 5.92. The van der Waals surface area contributed by atoms with Crippen molar-refractivity contribution < 1.29 is 22.7 Å². The quantitative estimate of drug-likeness (QED) is 0.712. The number of amides is 1. The van der Waals surface area contributed by atoms with Crippen LogP contribution in [0.3, 0.4) is 0 Å². The maximum atomic E-state index is 12.6. The third-order valence-electron chi connectivity index (χ3n) is 4.34. The maximum Gasteiger partial charge on any atom is 0.255 e. The summed E-state index contributed by atoms with van der Waals surface area (Å²) < 4.78 is 38.4. The Bertz CT molecular complexity index is 959. The van der Waals surface area contributed by atoms with Gasteiger partial charge in [-0.3, -0.25) is 4.79 Å². The van der Waals surface area contributed by atoms with Gasteiger partial charge in [0.1, 0.15) is 5.75 Å². The van der Waals surface area contributed by atoms with Crippen molar-refractivity contribution in [1.29, 1.82) is 0 Å². The van der Waals surface area contributed by atoms with Gasteiger partial charge in [-0.05, 0) is 49.2 Å². The number of methoxy groups -OCH3 is 1. The molecule has 150 valence electrons. The van der Waals surface area contributed by atoms with Gasteiger partial charge in [0.25, 0.3) is 5.91 Å². The number of carbonyl (C=O) groups is 1. The molecule has 9 heteroatoms. The molecule has 0 bridgehead atoms. The molecule has 2 N–H and O–H groups in total. The molecular formula is C19H21ClN2O5S. The van der Waals surface area contributed by atoms with E-state index < -0.39 is 15.9 Å². The topological polar surface area (TPSA) is 93.7 Å². The first-order chi connectivity index (χ1) is 13.4. The number of hydrogen-bond acceptors (Lipinski definition) is 5. The maximum absolute atomic E-state index is 12.6. The first-order valence-electron chi connectivity index (χ1n) is 8.75. The Kier molecular flexibility index (Phi) is 6.56. The Labute approximate surface area is 169 Å². The Hall–Kier alpha value is -2.13. The average molecular weight is 425 g/mol. The lowest BCUT2D eigenvalue weighted by atomic mass is 10.2. The van der Waals surface area contributed by atoms with E-state index in [1.807, 2.05) is 0 Å². The van der Waals surface area contributed by atoms with E-state index in [-0.39, 0.29) is 23.2 Å². The molecule has 1 heterocycles. The number of hydrogen-bond donors (Lipinski definition) is 2. The molecule has 0 spiro atoms. The van der Waals surface area contributed by atoms with E-state index in [2.05, 4.69) is 10.0 Å².